The van der Waals surface area contributed by atoms with Crippen LogP contribution in [0.5, 0.6) is 0 Å². The SMILES string of the molecule is CCCCN(C)C(=O)c1c(C)cc(C)cc1C. The summed E-state index contributed by atoms with van der Waals surface area (Å²) in [6, 6.07) is 4.15. The molecule has 2 nitrogen and oxygen atoms in total. The molecular weight excluding hydrogens is 210 g/mol. The molecule has 1 amide bonds. The molecule has 0 aliphatic heterocycles. The van der Waals surface area contributed by atoms with Crippen molar-refractivity contribution < 1.29 is 4.79 Å². The topological polar surface area (TPSA) is 20.3 Å². The van der Waals surface area contributed by atoms with E-state index in [0.29, 0.717) is 0 Å². The van der Waals surface area contributed by atoms with Gasteiger partial charge in [-0.2, -0.15) is 0 Å². The molecule has 0 aromatic heterocycles. The first-order valence-corrected chi connectivity index (χ1v) is 6.30. The molecule has 0 N–H and O–H groups in total. The molecule has 0 saturated carbocycles. The van der Waals surface area contributed by atoms with Crippen molar-refractivity contribution in [1.29, 1.82) is 0 Å². The van der Waals surface area contributed by atoms with Crippen molar-refractivity contribution in [2.75, 3.05) is 13.6 Å². The van der Waals surface area contributed by atoms with Gasteiger partial charge in [-0.05, 0) is 38.3 Å². The van der Waals surface area contributed by atoms with Gasteiger partial charge in [0.05, 0.1) is 0 Å². The number of carbonyl (C=O) groups is 1. The fourth-order valence-electron chi connectivity index (χ4n) is 2.21. The van der Waals surface area contributed by atoms with E-state index >= 15 is 0 Å². The van der Waals surface area contributed by atoms with Gasteiger partial charge in [0.15, 0.2) is 0 Å². The fourth-order valence-corrected chi connectivity index (χ4v) is 2.21. The summed E-state index contributed by atoms with van der Waals surface area (Å²) in [5.74, 6) is 0.147. The average Bonchev–Trinajstić information content (AvgIpc) is 2.24. The number of hydrogen-bond acceptors (Lipinski definition) is 1. The van der Waals surface area contributed by atoms with Crippen LogP contribution in [0.4, 0.5) is 0 Å². The lowest BCUT2D eigenvalue weighted by Gasteiger charge is -2.19. The van der Waals surface area contributed by atoms with Crippen molar-refractivity contribution in [2.45, 2.75) is 40.5 Å². The van der Waals surface area contributed by atoms with Gasteiger partial charge in [-0.15, -0.1) is 0 Å². The molecule has 0 aliphatic carbocycles. The monoisotopic (exact) mass is 233 g/mol. The van der Waals surface area contributed by atoms with E-state index in [1.54, 1.807) is 0 Å². The second-order valence-corrected chi connectivity index (χ2v) is 4.85. The average molecular weight is 233 g/mol. The van der Waals surface area contributed by atoms with Crippen LogP contribution < -0.4 is 0 Å². The Kier molecular flexibility index (Phi) is 4.73. The maximum Gasteiger partial charge on any atom is 0.254 e. The van der Waals surface area contributed by atoms with Crippen LogP contribution in [0, 0.1) is 20.8 Å². The molecule has 2 heteroatoms. The van der Waals surface area contributed by atoms with Gasteiger partial charge in [-0.25, -0.2) is 0 Å². The molecule has 1 aromatic carbocycles. The number of amides is 1. The van der Waals surface area contributed by atoms with Crippen molar-refractivity contribution >= 4 is 5.91 Å². The van der Waals surface area contributed by atoms with Gasteiger partial charge in [0.2, 0.25) is 0 Å². The van der Waals surface area contributed by atoms with Crippen molar-refractivity contribution in [2.24, 2.45) is 0 Å². The molecule has 0 aliphatic rings. The Bertz CT molecular complexity index is 386. The first-order valence-electron chi connectivity index (χ1n) is 6.30. The molecular formula is C15H23NO. The Hall–Kier alpha value is -1.31. The van der Waals surface area contributed by atoms with Crippen LogP contribution in [0.15, 0.2) is 12.1 Å². The lowest BCUT2D eigenvalue weighted by molar-refractivity contribution is 0.0792. The van der Waals surface area contributed by atoms with E-state index in [2.05, 4.69) is 26.0 Å². The second-order valence-electron chi connectivity index (χ2n) is 4.85. The molecule has 0 heterocycles. The highest BCUT2D eigenvalue weighted by Crippen LogP contribution is 2.18. The second kappa shape index (κ2) is 5.85. The highest BCUT2D eigenvalue weighted by atomic mass is 16.2. The molecule has 0 atom stereocenters. The summed E-state index contributed by atoms with van der Waals surface area (Å²) in [6.07, 6.45) is 2.18. The summed E-state index contributed by atoms with van der Waals surface area (Å²) in [7, 11) is 1.89. The van der Waals surface area contributed by atoms with Gasteiger partial charge in [-0.3, -0.25) is 4.79 Å². The Labute approximate surface area is 105 Å². The molecule has 17 heavy (non-hydrogen) atoms. The van der Waals surface area contributed by atoms with E-state index in [0.717, 1.165) is 36.1 Å². The first-order chi connectivity index (χ1) is 7.97. The number of rotatable bonds is 4. The molecule has 0 saturated heterocycles. The van der Waals surface area contributed by atoms with Gasteiger partial charge in [0.1, 0.15) is 0 Å². The van der Waals surface area contributed by atoms with Crippen LogP contribution >= 0.6 is 0 Å². The number of benzene rings is 1. The normalized spacial score (nSPS) is 10.4. The quantitative estimate of drug-likeness (QED) is 0.779. The van der Waals surface area contributed by atoms with Crippen molar-refractivity contribution in [1.82, 2.24) is 4.90 Å². The summed E-state index contributed by atoms with van der Waals surface area (Å²) in [5.41, 5.74) is 4.24. The molecule has 1 rings (SSSR count). The van der Waals surface area contributed by atoms with E-state index < -0.39 is 0 Å². The third-order valence-corrected chi connectivity index (χ3v) is 3.08. The van der Waals surface area contributed by atoms with E-state index in [4.69, 9.17) is 0 Å². The standard InChI is InChI=1S/C15H23NO/c1-6-7-8-16(5)15(17)14-12(3)9-11(2)10-13(14)4/h9-10H,6-8H2,1-5H3. The molecule has 0 unspecified atom stereocenters. The zero-order valence-corrected chi connectivity index (χ0v) is 11.6. The predicted octanol–water partition coefficient (Wildman–Crippen LogP) is 3.48. The van der Waals surface area contributed by atoms with Gasteiger partial charge < -0.3 is 4.90 Å². The zero-order chi connectivity index (χ0) is 13.0. The van der Waals surface area contributed by atoms with Gasteiger partial charge >= 0.3 is 0 Å². The summed E-state index contributed by atoms with van der Waals surface area (Å²) >= 11 is 0. The molecule has 0 fully saturated rings. The Morgan fingerprint density at radius 1 is 1.18 bits per heavy atom. The maximum atomic E-state index is 12.3. The van der Waals surface area contributed by atoms with Gasteiger partial charge in [-0.1, -0.05) is 31.0 Å². The Morgan fingerprint density at radius 2 is 1.71 bits per heavy atom. The van der Waals surface area contributed by atoms with E-state index in [1.165, 1.54) is 5.56 Å². The smallest absolute Gasteiger partial charge is 0.254 e. The lowest BCUT2D eigenvalue weighted by Crippen LogP contribution is -2.29. The van der Waals surface area contributed by atoms with Crippen LogP contribution in [0.1, 0.15) is 46.8 Å². The summed E-state index contributed by atoms with van der Waals surface area (Å²) in [6.45, 7) is 9.07. The summed E-state index contributed by atoms with van der Waals surface area (Å²) in [4.78, 5) is 14.2. The third kappa shape index (κ3) is 3.32. The fraction of sp³-hybridized carbons (Fsp3) is 0.533. The molecule has 0 spiro atoms. The number of nitrogens with zero attached hydrogens (tertiary/aromatic N) is 1. The minimum atomic E-state index is 0.147. The van der Waals surface area contributed by atoms with Crippen molar-refractivity contribution in [3.05, 3.63) is 34.4 Å². The van der Waals surface area contributed by atoms with Crippen LogP contribution in [0.3, 0.4) is 0 Å². The lowest BCUT2D eigenvalue weighted by atomic mass is 9.99. The van der Waals surface area contributed by atoms with Crippen LogP contribution in [-0.2, 0) is 0 Å². The largest absolute Gasteiger partial charge is 0.342 e. The minimum Gasteiger partial charge on any atom is -0.342 e. The van der Waals surface area contributed by atoms with Crippen molar-refractivity contribution in [3.8, 4) is 0 Å². The molecule has 0 radical (unpaired) electrons. The Balaban J connectivity index is 2.96. The minimum absolute atomic E-state index is 0.147. The molecule has 94 valence electrons. The highest BCUT2D eigenvalue weighted by molar-refractivity contribution is 5.97. The number of aryl methyl sites for hydroxylation is 3. The Morgan fingerprint density at radius 3 is 2.18 bits per heavy atom. The predicted molar refractivity (Wildman–Crippen MR) is 72.5 cm³/mol. The van der Waals surface area contributed by atoms with Gasteiger partial charge in [0.25, 0.3) is 5.91 Å². The van der Waals surface area contributed by atoms with Crippen LogP contribution in [0.2, 0.25) is 0 Å². The van der Waals surface area contributed by atoms with E-state index in [1.807, 2.05) is 25.8 Å². The summed E-state index contributed by atoms with van der Waals surface area (Å²) < 4.78 is 0. The van der Waals surface area contributed by atoms with Crippen LogP contribution in [-0.4, -0.2) is 24.4 Å². The number of carbonyl (C=O) groups excluding carboxylic acids is 1. The van der Waals surface area contributed by atoms with E-state index in [-0.39, 0.29) is 5.91 Å². The number of hydrogen-bond donors (Lipinski definition) is 0. The summed E-state index contributed by atoms with van der Waals surface area (Å²) in [5, 5.41) is 0. The van der Waals surface area contributed by atoms with Crippen molar-refractivity contribution in [3.63, 3.8) is 0 Å². The number of unbranched alkanes of at least 4 members (excludes halogenated alkanes) is 1. The highest BCUT2D eigenvalue weighted by Gasteiger charge is 2.16. The molecule has 1 aromatic rings. The first kappa shape index (κ1) is 13.8. The zero-order valence-electron chi connectivity index (χ0n) is 11.6. The van der Waals surface area contributed by atoms with Crippen LogP contribution in [0.25, 0.3) is 0 Å². The van der Waals surface area contributed by atoms with Gasteiger partial charge in [0, 0.05) is 19.2 Å². The maximum absolute atomic E-state index is 12.3. The van der Waals surface area contributed by atoms with E-state index in [9.17, 15) is 4.79 Å². The molecule has 0 bridgehead atoms. The third-order valence-electron chi connectivity index (χ3n) is 3.08.